The molecule has 0 fully saturated rings. The van der Waals surface area contributed by atoms with Crippen LogP contribution in [0.2, 0.25) is 13.1 Å². The van der Waals surface area contributed by atoms with E-state index in [1.165, 1.54) is 10.8 Å². The highest BCUT2D eigenvalue weighted by Gasteiger charge is 2.17. The van der Waals surface area contributed by atoms with Gasteiger partial charge in [0.2, 0.25) is 0 Å². The molecule has 0 aliphatic heterocycles. The average molecular weight is 176 g/mol. The van der Waals surface area contributed by atoms with E-state index in [2.05, 4.69) is 56.6 Å². The lowest BCUT2D eigenvalue weighted by atomic mass is 10.2. The fourth-order valence-electron chi connectivity index (χ4n) is 1.10. The topological polar surface area (TPSA) is 0 Å². The van der Waals surface area contributed by atoms with Gasteiger partial charge in [-0.25, -0.2) is 0 Å². The highest BCUT2D eigenvalue weighted by Crippen LogP contribution is 2.04. The molecule has 1 rings (SSSR count). The second-order valence-electron chi connectivity index (χ2n) is 3.79. The Morgan fingerprint density at radius 1 is 1.17 bits per heavy atom. The van der Waals surface area contributed by atoms with Crippen molar-refractivity contribution in [2.75, 3.05) is 0 Å². The van der Waals surface area contributed by atoms with Crippen molar-refractivity contribution >= 4 is 13.3 Å². The Morgan fingerprint density at radius 2 is 1.67 bits per heavy atom. The van der Waals surface area contributed by atoms with Crippen LogP contribution in [0, 0.1) is 6.92 Å². The molecule has 0 radical (unpaired) electrons. The zero-order valence-electron chi connectivity index (χ0n) is 8.09. The van der Waals surface area contributed by atoms with E-state index >= 15 is 0 Å². The number of hydrogen-bond donors (Lipinski definition) is 0. The Balaban J connectivity index is 3.04. The molecule has 0 bridgehead atoms. The number of benzene rings is 1. The Kier molecular flexibility index (Phi) is 2.53. The van der Waals surface area contributed by atoms with E-state index in [9.17, 15) is 0 Å². The van der Waals surface area contributed by atoms with Crippen LogP contribution in [0.4, 0.5) is 0 Å². The molecule has 1 aromatic carbocycles. The van der Waals surface area contributed by atoms with Crippen LogP contribution < -0.4 is 5.19 Å². The second-order valence-corrected chi connectivity index (χ2v) is 8.22. The summed E-state index contributed by atoms with van der Waals surface area (Å²) >= 11 is 0. The van der Waals surface area contributed by atoms with Crippen molar-refractivity contribution in [1.29, 1.82) is 0 Å². The third-order valence-electron chi connectivity index (χ3n) is 2.31. The van der Waals surface area contributed by atoms with Crippen LogP contribution in [0.15, 0.2) is 36.5 Å². The van der Waals surface area contributed by atoms with Crippen LogP contribution in [-0.2, 0) is 0 Å². The lowest BCUT2D eigenvalue weighted by Crippen LogP contribution is -2.38. The van der Waals surface area contributed by atoms with Gasteiger partial charge in [0, 0.05) is 0 Å². The Hall–Kier alpha value is -0.823. The normalized spacial score (nSPS) is 11.2. The van der Waals surface area contributed by atoms with Crippen molar-refractivity contribution in [3.05, 3.63) is 42.1 Å². The van der Waals surface area contributed by atoms with E-state index in [1.54, 1.807) is 0 Å². The molecule has 0 heterocycles. The van der Waals surface area contributed by atoms with Gasteiger partial charge >= 0.3 is 0 Å². The summed E-state index contributed by atoms with van der Waals surface area (Å²) < 4.78 is 0. The van der Waals surface area contributed by atoms with E-state index in [0.29, 0.717) is 0 Å². The van der Waals surface area contributed by atoms with Gasteiger partial charge in [0.25, 0.3) is 0 Å². The molecular formula is C11H16Si. The SMILES string of the molecule is C=C[Si](C)(C)c1ccc(C)cc1. The van der Waals surface area contributed by atoms with Crippen LogP contribution in [-0.4, -0.2) is 8.07 Å². The molecule has 0 unspecified atom stereocenters. The first-order valence-corrected chi connectivity index (χ1v) is 7.35. The standard InChI is InChI=1S/C11H16Si/c1-5-12(3,4)11-8-6-10(2)7-9-11/h5-9H,1H2,2-4H3. The summed E-state index contributed by atoms with van der Waals surface area (Å²) in [4.78, 5) is 0. The summed E-state index contributed by atoms with van der Waals surface area (Å²) in [5.74, 6) is 0. The molecule has 0 aliphatic carbocycles. The molecule has 0 N–H and O–H groups in total. The lowest BCUT2D eigenvalue weighted by molar-refractivity contribution is 1.48. The number of aryl methyl sites for hydroxylation is 1. The summed E-state index contributed by atoms with van der Waals surface area (Å²) in [6.07, 6.45) is 0. The second kappa shape index (κ2) is 3.28. The Morgan fingerprint density at radius 3 is 2.08 bits per heavy atom. The molecule has 0 saturated heterocycles. The van der Waals surface area contributed by atoms with Gasteiger partial charge in [0.15, 0.2) is 0 Å². The molecule has 0 aliphatic rings. The highest BCUT2D eigenvalue weighted by atomic mass is 28.3. The maximum absolute atomic E-state index is 3.89. The lowest BCUT2D eigenvalue weighted by Gasteiger charge is -2.17. The minimum absolute atomic E-state index is 1.31. The minimum atomic E-state index is -1.31. The molecule has 64 valence electrons. The first-order valence-electron chi connectivity index (χ1n) is 4.27. The molecule has 0 atom stereocenters. The van der Waals surface area contributed by atoms with Gasteiger partial charge in [-0.15, -0.1) is 6.58 Å². The van der Waals surface area contributed by atoms with Crippen LogP contribution in [0.3, 0.4) is 0 Å². The molecule has 0 amide bonds. The quantitative estimate of drug-likeness (QED) is 0.608. The van der Waals surface area contributed by atoms with Crippen molar-refractivity contribution < 1.29 is 0 Å². The molecule has 0 saturated carbocycles. The molecule has 0 nitrogen and oxygen atoms in total. The van der Waals surface area contributed by atoms with E-state index in [0.717, 1.165) is 0 Å². The van der Waals surface area contributed by atoms with Crippen LogP contribution in [0.5, 0.6) is 0 Å². The van der Waals surface area contributed by atoms with E-state index < -0.39 is 8.07 Å². The highest BCUT2D eigenvalue weighted by molar-refractivity contribution is 6.93. The molecule has 0 spiro atoms. The molecule has 1 aromatic rings. The fourth-order valence-corrected chi connectivity index (χ4v) is 2.36. The first kappa shape index (κ1) is 9.27. The fraction of sp³-hybridized carbons (Fsp3) is 0.273. The average Bonchev–Trinajstić information content (AvgIpc) is 2.05. The molecular weight excluding hydrogens is 160 g/mol. The molecule has 0 aromatic heterocycles. The van der Waals surface area contributed by atoms with Crippen molar-refractivity contribution in [2.45, 2.75) is 20.0 Å². The summed E-state index contributed by atoms with van der Waals surface area (Å²) in [6.45, 7) is 10.6. The Bertz CT molecular complexity index is 270. The van der Waals surface area contributed by atoms with Gasteiger partial charge in [-0.1, -0.05) is 53.8 Å². The molecule has 12 heavy (non-hydrogen) atoms. The monoisotopic (exact) mass is 176 g/mol. The zero-order chi connectivity index (χ0) is 9.19. The first-order chi connectivity index (χ1) is 5.56. The maximum atomic E-state index is 3.89. The van der Waals surface area contributed by atoms with Gasteiger partial charge < -0.3 is 0 Å². The van der Waals surface area contributed by atoms with Gasteiger partial charge in [-0.2, -0.15) is 0 Å². The van der Waals surface area contributed by atoms with Gasteiger partial charge in [0.1, 0.15) is 8.07 Å². The van der Waals surface area contributed by atoms with Gasteiger partial charge in [-0.05, 0) is 6.92 Å². The largest absolute Gasteiger partial charge is 0.107 e. The minimum Gasteiger partial charge on any atom is -0.107 e. The molecule has 1 heteroatoms. The van der Waals surface area contributed by atoms with Crippen molar-refractivity contribution in [3.63, 3.8) is 0 Å². The van der Waals surface area contributed by atoms with Gasteiger partial charge in [0.05, 0.1) is 0 Å². The Labute approximate surface area is 75.9 Å². The van der Waals surface area contributed by atoms with Crippen LogP contribution in [0.1, 0.15) is 5.56 Å². The summed E-state index contributed by atoms with van der Waals surface area (Å²) in [5, 5.41) is 1.46. The third-order valence-corrected chi connectivity index (χ3v) is 5.15. The van der Waals surface area contributed by atoms with Crippen molar-refractivity contribution in [1.82, 2.24) is 0 Å². The zero-order valence-corrected chi connectivity index (χ0v) is 9.09. The van der Waals surface area contributed by atoms with E-state index in [4.69, 9.17) is 0 Å². The van der Waals surface area contributed by atoms with E-state index in [1.807, 2.05) is 0 Å². The number of rotatable bonds is 2. The maximum Gasteiger partial charge on any atom is 0.103 e. The third kappa shape index (κ3) is 1.86. The van der Waals surface area contributed by atoms with Crippen molar-refractivity contribution in [2.24, 2.45) is 0 Å². The smallest absolute Gasteiger partial charge is 0.103 e. The predicted molar refractivity (Wildman–Crippen MR) is 58.5 cm³/mol. The summed E-state index contributed by atoms with van der Waals surface area (Å²) in [6, 6.07) is 8.80. The number of hydrogen-bond acceptors (Lipinski definition) is 0. The van der Waals surface area contributed by atoms with Crippen LogP contribution in [0.25, 0.3) is 0 Å². The van der Waals surface area contributed by atoms with E-state index in [-0.39, 0.29) is 0 Å². The summed E-state index contributed by atoms with van der Waals surface area (Å²) in [7, 11) is -1.31. The predicted octanol–water partition coefficient (Wildman–Crippen LogP) is 2.64. The summed E-state index contributed by atoms with van der Waals surface area (Å²) in [5.41, 5.74) is 3.45. The van der Waals surface area contributed by atoms with Crippen molar-refractivity contribution in [3.8, 4) is 0 Å². The van der Waals surface area contributed by atoms with Crippen LogP contribution >= 0.6 is 0 Å². The van der Waals surface area contributed by atoms with Gasteiger partial charge in [-0.3, -0.25) is 0 Å².